The lowest BCUT2D eigenvalue weighted by Crippen LogP contribution is -2.14. The topological polar surface area (TPSA) is 110 Å². The number of carbonyl (C=O) groups is 1. The van der Waals surface area contributed by atoms with Crippen LogP contribution in [0.5, 0.6) is 0 Å². The number of amides is 1. The molecular formula is C19H24N6O2S. The number of thioether (sulfide) groups is 1. The average Bonchev–Trinajstić information content (AvgIpc) is 3.30. The van der Waals surface area contributed by atoms with E-state index in [1.807, 2.05) is 27.7 Å². The van der Waals surface area contributed by atoms with Gasteiger partial charge in [-0.2, -0.15) is 4.98 Å². The lowest BCUT2D eigenvalue weighted by Gasteiger charge is -2.12. The maximum absolute atomic E-state index is 12.3. The Labute approximate surface area is 167 Å². The molecule has 0 atom stereocenters. The van der Waals surface area contributed by atoms with Crippen LogP contribution in [0.4, 0.5) is 5.69 Å². The van der Waals surface area contributed by atoms with Crippen molar-refractivity contribution in [3.05, 3.63) is 46.4 Å². The van der Waals surface area contributed by atoms with Crippen LogP contribution in [0.25, 0.3) is 0 Å². The largest absolute Gasteiger partial charge is 0.339 e. The van der Waals surface area contributed by atoms with E-state index < -0.39 is 0 Å². The molecule has 148 valence electrons. The van der Waals surface area contributed by atoms with Crippen molar-refractivity contribution in [3.63, 3.8) is 0 Å². The predicted molar refractivity (Wildman–Crippen MR) is 107 cm³/mol. The number of rotatable bonds is 8. The van der Waals surface area contributed by atoms with Crippen LogP contribution in [0.1, 0.15) is 47.6 Å². The number of hydrogen-bond donors (Lipinski definition) is 2. The Morgan fingerprint density at radius 1 is 1.21 bits per heavy atom. The Kier molecular flexibility index (Phi) is 6.45. The Hall–Kier alpha value is -2.68. The van der Waals surface area contributed by atoms with E-state index in [4.69, 9.17) is 4.52 Å². The van der Waals surface area contributed by atoms with Crippen molar-refractivity contribution < 1.29 is 9.32 Å². The van der Waals surface area contributed by atoms with Gasteiger partial charge >= 0.3 is 0 Å². The van der Waals surface area contributed by atoms with E-state index in [0.29, 0.717) is 29.0 Å². The van der Waals surface area contributed by atoms with Gasteiger partial charge in [-0.25, -0.2) is 4.98 Å². The zero-order valence-electron chi connectivity index (χ0n) is 16.5. The van der Waals surface area contributed by atoms with E-state index in [2.05, 4.69) is 42.8 Å². The summed E-state index contributed by atoms with van der Waals surface area (Å²) in [4.78, 5) is 21.0. The first-order valence-corrected chi connectivity index (χ1v) is 10.2. The molecule has 1 aromatic carbocycles. The highest BCUT2D eigenvalue weighted by atomic mass is 32.2. The molecule has 0 saturated carbocycles. The summed E-state index contributed by atoms with van der Waals surface area (Å²) in [6.45, 7) is 8.05. The summed E-state index contributed by atoms with van der Waals surface area (Å²) in [7, 11) is 0. The van der Waals surface area contributed by atoms with Gasteiger partial charge in [0.15, 0.2) is 5.82 Å². The lowest BCUT2D eigenvalue weighted by molar-refractivity contribution is -0.116. The van der Waals surface area contributed by atoms with Crippen LogP contribution >= 0.6 is 11.8 Å². The molecule has 0 bridgehead atoms. The second-order valence-electron chi connectivity index (χ2n) is 6.63. The van der Waals surface area contributed by atoms with Gasteiger partial charge in [-0.05, 0) is 31.9 Å². The zero-order chi connectivity index (χ0) is 20.1. The number of aromatic nitrogens is 5. The predicted octanol–water partition coefficient (Wildman–Crippen LogP) is 3.54. The summed E-state index contributed by atoms with van der Waals surface area (Å²) < 4.78 is 5.24. The number of nitrogens with zero attached hydrogens (tertiary/aromatic N) is 4. The number of carbonyl (C=O) groups excluding carboxylic acids is 1. The van der Waals surface area contributed by atoms with E-state index in [9.17, 15) is 4.79 Å². The van der Waals surface area contributed by atoms with Crippen molar-refractivity contribution in [2.45, 2.75) is 57.9 Å². The number of nitrogens with one attached hydrogen (secondary N) is 2. The molecule has 9 heteroatoms. The number of H-pyrrole nitrogens is 1. The van der Waals surface area contributed by atoms with E-state index in [1.165, 1.54) is 17.3 Å². The second-order valence-corrected chi connectivity index (χ2v) is 7.58. The maximum Gasteiger partial charge on any atom is 0.227 e. The fourth-order valence-corrected chi connectivity index (χ4v) is 3.54. The van der Waals surface area contributed by atoms with Gasteiger partial charge in [0, 0.05) is 24.9 Å². The summed E-state index contributed by atoms with van der Waals surface area (Å²) in [6.07, 6.45) is 1.49. The van der Waals surface area contributed by atoms with Crippen LogP contribution in [-0.2, 0) is 23.4 Å². The molecule has 0 spiro atoms. The van der Waals surface area contributed by atoms with Crippen molar-refractivity contribution in [2.24, 2.45) is 0 Å². The molecule has 0 aliphatic carbocycles. The number of anilines is 1. The van der Waals surface area contributed by atoms with E-state index in [0.717, 1.165) is 29.1 Å². The fraction of sp³-hybridized carbons (Fsp3) is 0.421. The van der Waals surface area contributed by atoms with Gasteiger partial charge in [-0.3, -0.25) is 9.89 Å². The highest BCUT2D eigenvalue weighted by Gasteiger charge is 2.13. The molecule has 0 fully saturated rings. The SMILES string of the molecule is CCc1nc(SCc2noc(CCC(=O)Nc3c(C)cc(C)cc3C)n2)n[nH]1. The van der Waals surface area contributed by atoms with Gasteiger partial charge in [-0.1, -0.05) is 41.5 Å². The molecule has 2 aromatic heterocycles. The normalized spacial score (nSPS) is 11.0. The monoisotopic (exact) mass is 400 g/mol. The molecule has 0 saturated heterocycles. The summed E-state index contributed by atoms with van der Waals surface area (Å²) >= 11 is 1.44. The number of benzene rings is 1. The molecule has 3 aromatic rings. The lowest BCUT2D eigenvalue weighted by atomic mass is 10.0. The van der Waals surface area contributed by atoms with Gasteiger partial charge in [0.25, 0.3) is 0 Å². The van der Waals surface area contributed by atoms with E-state index in [-0.39, 0.29) is 12.3 Å². The highest BCUT2D eigenvalue weighted by molar-refractivity contribution is 7.98. The van der Waals surface area contributed by atoms with Gasteiger partial charge < -0.3 is 9.84 Å². The first-order valence-electron chi connectivity index (χ1n) is 9.17. The van der Waals surface area contributed by atoms with E-state index >= 15 is 0 Å². The zero-order valence-corrected chi connectivity index (χ0v) is 17.3. The Bertz CT molecular complexity index is 942. The van der Waals surface area contributed by atoms with Crippen molar-refractivity contribution in [1.82, 2.24) is 25.3 Å². The molecule has 0 aliphatic rings. The molecule has 0 aliphatic heterocycles. The third-order valence-corrected chi connectivity index (χ3v) is 5.04. The Balaban J connectivity index is 1.49. The van der Waals surface area contributed by atoms with E-state index in [1.54, 1.807) is 0 Å². The van der Waals surface area contributed by atoms with Crippen molar-refractivity contribution in [3.8, 4) is 0 Å². The minimum atomic E-state index is -0.0722. The van der Waals surface area contributed by atoms with Gasteiger partial charge in [0.2, 0.25) is 17.0 Å². The molecule has 0 radical (unpaired) electrons. The van der Waals surface area contributed by atoms with Gasteiger partial charge in [0.05, 0.1) is 5.75 Å². The maximum atomic E-state index is 12.3. The molecule has 2 heterocycles. The summed E-state index contributed by atoms with van der Waals surface area (Å²) in [5.41, 5.74) is 4.17. The highest BCUT2D eigenvalue weighted by Crippen LogP contribution is 2.22. The second kappa shape index (κ2) is 9.01. The van der Waals surface area contributed by atoms with Crippen molar-refractivity contribution >= 4 is 23.4 Å². The third kappa shape index (κ3) is 5.19. The van der Waals surface area contributed by atoms with Crippen LogP contribution in [-0.4, -0.2) is 31.2 Å². The van der Waals surface area contributed by atoms with Crippen LogP contribution in [0, 0.1) is 20.8 Å². The molecule has 8 nitrogen and oxygen atoms in total. The molecule has 2 N–H and O–H groups in total. The number of aryl methyl sites for hydroxylation is 5. The van der Waals surface area contributed by atoms with Crippen molar-refractivity contribution in [1.29, 1.82) is 0 Å². The van der Waals surface area contributed by atoms with Crippen LogP contribution < -0.4 is 5.32 Å². The summed E-state index contributed by atoms with van der Waals surface area (Å²) in [6, 6.07) is 4.12. The van der Waals surface area contributed by atoms with Gasteiger partial charge in [-0.15, -0.1) is 5.10 Å². The molecule has 3 rings (SSSR count). The molecule has 0 unspecified atom stereocenters. The molecular weight excluding hydrogens is 376 g/mol. The fourth-order valence-electron chi connectivity index (χ4n) is 2.88. The number of aromatic amines is 1. The van der Waals surface area contributed by atoms with Crippen LogP contribution in [0.2, 0.25) is 0 Å². The van der Waals surface area contributed by atoms with Gasteiger partial charge in [0.1, 0.15) is 5.82 Å². The first kappa shape index (κ1) is 20.1. The average molecular weight is 401 g/mol. The quantitative estimate of drug-likeness (QED) is 0.557. The summed E-state index contributed by atoms with van der Waals surface area (Å²) in [5.74, 6) is 2.30. The Morgan fingerprint density at radius 2 is 1.96 bits per heavy atom. The Morgan fingerprint density at radius 3 is 2.64 bits per heavy atom. The molecule has 28 heavy (non-hydrogen) atoms. The third-order valence-electron chi connectivity index (χ3n) is 4.19. The minimum absolute atomic E-state index is 0.0722. The van der Waals surface area contributed by atoms with Crippen molar-refractivity contribution in [2.75, 3.05) is 5.32 Å². The van der Waals surface area contributed by atoms with Crippen LogP contribution in [0.15, 0.2) is 21.8 Å². The minimum Gasteiger partial charge on any atom is -0.339 e. The number of hydrogen-bond acceptors (Lipinski definition) is 7. The summed E-state index contributed by atoms with van der Waals surface area (Å²) in [5, 5.41) is 14.6. The smallest absolute Gasteiger partial charge is 0.227 e. The molecule has 1 amide bonds. The van der Waals surface area contributed by atoms with Crippen LogP contribution in [0.3, 0.4) is 0 Å². The first-order chi connectivity index (χ1) is 13.4. The standard InChI is InChI=1S/C19H24N6O2S/c1-5-14-21-19(24-23-14)28-10-15-20-17(27-25-15)7-6-16(26)22-18-12(3)8-11(2)9-13(18)4/h8-9H,5-7,10H2,1-4H3,(H,22,26)(H,21,23,24).